The van der Waals surface area contributed by atoms with Gasteiger partial charge in [0.15, 0.2) is 11.6 Å². The molecule has 1 fully saturated rings. The van der Waals surface area contributed by atoms with Gasteiger partial charge in [0.1, 0.15) is 0 Å². The van der Waals surface area contributed by atoms with E-state index >= 15 is 0 Å². The lowest BCUT2D eigenvalue weighted by molar-refractivity contribution is 0.776. The first-order valence-electron chi connectivity index (χ1n) is 4.55. The number of hydrogen-bond donors (Lipinski definition) is 1. The van der Waals surface area contributed by atoms with Crippen LogP contribution >= 0.6 is 0 Å². The lowest BCUT2D eigenvalue weighted by Crippen LogP contribution is -2.22. The number of rotatable bonds is 3. The van der Waals surface area contributed by atoms with E-state index in [0.717, 1.165) is 18.3 Å². The van der Waals surface area contributed by atoms with Crippen molar-refractivity contribution in [2.24, 2.45) is 5.92 Å². The van der Waals surface area contributed by atoms with Crippen LogP contribution in [0.1, 0.15) is 12.8 Å². The van der Waals surface area contributed by atoms with Crippen molar-refractivity contribution in [3.8, 4) is 0 Å². The first-order chi connectivity index (χ1) is 6.27. The molecular formula is C9H14N4. The minimum Gasteiger partial charge on any atom is -0.381 e. The molecule has 0 amide bonds. The molecule has 4 heteroatoms. The second kappa shape index (κ2) is 3.20. The van der Waals surface area contributed by atoms with Crippen molar-refractivity contribution in [1.29, 1.82) is 0 Å². The minimum atomic E-state index is 0.519. The quantitative estimate of drug-likeness (QED) is 0.747. The molecule has 2 N–H and O–H groups in total. The average molecular weight is 178 g/mol. The molecule has 0 bridgehead atoms. The van der Waals surface area contributed by atoms with Crippen molar-refractivity contribution < 1.29 is 0 Å². The van der Waals surface area contributed by atoms with Crippen molar-refractivity contribution in [3.05, 3.63) is 12.4 Å². The van der Waals surface area contributed by atoms with E-state index in [2.05, 4.69) is 14.9 Å². The van der Waals surface area contributed by atoms with Gasteiger partial charge in [-0.2, -0.15) is 0 Å². The van der Waals surface area contributed by atoms with E-state index in [0.29, 0.717) is 5.82 Å². The standard InChI is InChI=1S/C9H14N4/c1-13(6-7-2-3-7)9-8(10)11-4-5-12-9/h4-5,7H,2-3,6H2,1H3,(H2,10,11). The predicted octanol–water partition coefficient (Wildman–Crippen LogP) is 0.905. The molecule has 4 nitrogen and oxygen atoms in total. The highest BCUT2D eigenvalue weighted by atomic mass is 15.2. The van der Waals surface area contributed by atoms with Crippen LogP contribution in [0.4, 0.5) is 11.6 Å². The number of nitrogen functional groups attached to an aromatic ring is 1. The summed E-state index contributed by atoms with van der Waals surface area (Å²) in [4.78, 5) is 10.3. The smallest absolute Gasteiger partial charge is 0.171 e. The topological polar surface area (TPSA) is 55.0 Å². The van der Waals surface area contributed by atoms with Crippen LogP contribution in [0.25, 0.3) is 0 Å². The van der Waals surface area contributed by atoms with Gasteiger partial charge >= 0.3 is 0 Å². The first-order valence-corrected chi connectivity index (χ1v) is 4.55. The average Bonchev–Trinajstić information content (AvgIpc) is 2.89. The summed E-state index contributed by atoms with van der Waals surface area (Å²) in [6.45, 7) is 1.04. The van der Waals surface area contributed by atoms with E-state index in [1.807, 2.05) is 7.05 Å². The van der Waals surface area contributed by atoms with Crippen molar-refractivity contribution in [3.63, 3.8) is 0 Å². The van der Waals surface area contributed by atoms with Crippen molar-refractivity contribution in [2.75, 3.05) is 24.2 Å². The number of nitrogens with zero attached hydrogens (tertiary/aromatic N) is 3. The van der Waals surface area contributed by atoms with Crippen molar-refractivity contribution in [1.82, 2.24) is 9.97 Å². The molecule has 0 aromatic carbocycles. The third kappa shape index (κ3) is 1.88. The highest BCUT2D eigenvalue weighted by Crippen LogP contribution is 2.31. The fourth-order valence-electron chi connectivity index (χ4n) is 1.41. The summed E-state index contributed by atoms with van der Waals surface area (Å²) in [5.74, 6) is 2.16. The zero-order valence-corrected chi connectivity index (χ0v) is 7.77. The predicted molar refractivity (Wildman–Crippen MR) is 52.4 cm³/mol. The molecule has 0 atom stereocenters. The molecule has 0 aliphatic heterocycles. The molecule has 1 aliphatic carbocycles. The molecule has 1 aromatic heterocycles. The van der Waals surface area contributed by atoms with Crippen molar-refractivity contribution >= 4 is 11.6 Å². The Labute approximate surface area is 77.8 Å². The lowest BCUT2D eigenvalue weighted by atomic mass is 10.4. The minimum absolute atomic E-state index is 0.519. The Hall–Kier alpha value is -1.32. The fraction of sp³-hybridized carbons (Fsp3) is 0.556. The van der Waals surface area contributed by atoms with E-state index in [-0.39, 0.29) is 0 Å². The molecule has 0 saturated heterocycles. The van der Waals surface area contributed by atoms with Gasteiger partial charge in [0.2, 0.25) is 0 Å². The number of aromatic nitrogens is 2. The van der Waals surface area contributed by atoms with Gasteiger partial charge in [0, 0.05) is 26.0 Å². The van der Waals surface area contributed by atoms with Gasteiger partial charge in [-0.05, 0) is 18.8 Å². The summed E-state index contributed by atoms with van der Waals surface area (Å²) >= 11 is 0. The van der Waals surface area contributed by atoms with Gasteiger partial charge in [-0.25, -0.2) is 9.97 Å². The maximum atomic E-state index is 5.70. The molecular weight excluding hydrogens is 164 g/mol. The zero-order chi connectivity index (χ0) is 9.26. The fourth-order valence-corrected chi connectivity index (χ4v) is 1.41. The highest BCUT2D eigenvalue weighted by molar-refractivity contribution is 5.56. The van der Waals surface area contributed by atoms with Crippen LogP contribution in [0.3, 0.4) is 0 Å². The van der Waals surface area contributed by atoms with Crippen LogP contribution in [0.2, 0.25) is 0 Å². The molecule has 1 heterocycles. The Morgan fingerprint density at radius 1 is 1.46 bits per heavy atom. The van der Waals surface area contributed by atoms with E-state index in [4.69, 9.17) is 5.73 Å². The van der Waals surface area contributed by atoms with Crippen LogP contribution < -0.4 is 10.6 Å². The van der Waals surface area contributed by atoms with E-state index in [1.165, 1.54) is 12.8 Å². The summed E-state index contributed by atoms with van der Waals surface area (Å²) in [6, 6.07) is 0. The Balaban J connectivity index is 2.09. The van der Waals surface area contributed by atoms with Gasteiger partial charge in [0.25, 0.3) is 0 Å². The molecule has 0 radical (unpaired) electrons. The first kappa shape index (κ1) is 8.29. The molecule has 0 unspecified atom stereocenters. The molecule has 13 heavy (non-hydrogen) atoms. The van der Waals surface area contributed by atoms with Gasteiger partial charge in [-0.3, -0.25) is 0 Å². The Morgan fingerprint density at radius 2 is 2.15 bits per heavy atom. The third-order valence-corrected chi connectivity index (χ3v) is 2.30. The lowest BCUT2D eigenvalue weighted by Gasteiger charge is -2.18. The van der Waals surface area contributed by atoms with Gasteiger partial charge in [-0.1, -0.05) is 0 Å². The van der Waals surface area contributed by atoms with Gasteiger partial charge in [0.05, 0.1) is 0 Å². The van der Waals surface area contributed by atoms with Crippen LogP contribution in [-0.2, 0) is 0 Å². The normalized spacial score (nSPS) is 15.8. The number of nitrogens with two attached hydrogens (primary N) is 1. The van der Waals surface area contributed by atoms with E-state index in [9.17, 15) is 0 Å². The largest absolute Gasteiger partial charge is 0.381 e. The third-order valence-electron chi connectivity index (χ3n) is 2.30. The maximum absolute atomic E-state index is 5.70. The van der Waals surface area contributed by atoms with Crippen LogP contribution in [0, 0.1) is 5.92 Å². The molecule has 1 aromatic rings. The Morgan fingerprint density at radius 3 is 2.77 bits per heavy atom. The zero-order valence-electron chi connectivity index (χ0n) is 7.77. The van der Waals surface area contributed by atoms with Gasteiger partial charge in [-0.15, -0.1) is 0 Å². The summed E-state index contributed by atoms with van der Waals surface area (Å²) < 4.78 is 0. The molecule has 2 rings (SSSR count). The second-order valence-corrected chi connectivity index (χ2v) is 3.59. The molecule has 1 saturated carbocycles. The Kier molecular flexibility index (Phi) is 2.04. The highest BCUT2D eigenvalue weighted by Gasteiger charge is 2.23. The Bertz CT molecular complexity index is 295. The SMILES string of the molecule is CN(CC1CC1)c1nccnc1N. The molecule has 70 valence electrons. The number of anilines is 2. The molecule has 1 aliphatic rings. The second-order valence-electron chi connectivity index (χ2n) is 3.59. The van der Waals surface area contributed by atoms with Gasteiger partial charge < -0.3 is 10.6 Å². The van der Waals surface area contributed by atoms with Crippen LogP contribution in [0.15, 0.2) is 12.4 Å². The van der Waals surface area contributed by atoms with Crippen LogP contribution in [-0.4, -0.2) is 23.6 Å². The summed E-state index contributed by atoms with van der Waals surface area (Å²) in [7, 11) is 2.01. The summed E-state index contributed by atoms with van der Waals surface area (Å²) in [5, 5.41) is 0. The number of hydrogen-bond acceptors (Lipinski definition) is 4. The van der Waals surface area contributed by atoms with Crippen molar-refractivity contribution in [2.45, 2.75) is 12.8 Å². The summed E-state index contributed by atoms with van der Waals surface area (Å²) in [5.41, 5.74) is 5.70. The maximum Gasteiger partial charge on any atom is 0.171 e. The monoisotopic (exact) mass is 178 g/mol. The molecule has 0 spiro atoms. The van der Waals surface area contributed by atoms with E-state index < -0.39 is 0 Å². The summed E-state index contributed by atoms with van der Waals surface area (Å²) in [6.07, 6.45) is 5.97. The van der Waals surface area contributed by atoms with E-state index in [1.54, 1.807) is 12.4 Å². The van der Waals surface area contributed by atoms with Crippen LogP contribution in [0.5, 0.6) is 0 Å².